The Hall–Kier alpha value is -2.01. The third-order valence-electron chi connectivity index (χ3n) is 3.89. The summed E-state index contributed by atoms with van der Waals surface area (Å²) in [6, 6.07) is 16.3. The molecule has 0 unspecified atom stereocenters. The van der Waals surface area contributed by atoms with E-state index in [1.807, 2.05) is 24.3 Å². The fourth-order valence-corrected chi connectivity index (χ4v) is 4.36. The summed E-state index contributed by atoms with van der Waals surface area (Å²) in [5.41, 5.74) is 5.54. The van der Waals surface area contributed by atoms with Gasteiger partial charge in [-0.05, 0) is 19.1 Å². The molecule has 4 aromatic rings. The number of aromatic nitrogens is 2. The largest absolute Gasteiger partial charge is 0.241 e. The number of hydrogen-bond acceptors (Lipinski definition) is 4. The lowest BCUT2D eigenvalue weighted by molar-refractivity contribution is 1.11. The molecule has 0 amide bonds. The fraction of sp³-hybridized carbons (Fsp3) is 0.100. The molecule has 0 saturated heterocycles. The molecule has 0 atom stereocenters. The molecule has 2 nitrogen and oxygen atoms in total. The third-order valence-corrected chi connectivity index (χ3v) is 5.84. The summed E-state index contributed by atoms with van der Waals surface area (Å²) in [5.74, 6) is 0. The molecule has 0 fully saturated rings. The van der Waals surface area contributed by atoms with Crippen molar-refractivity contribution in [1.82, 2.24) is 9.97 Å². The minimum Gasteiger partial charge on any atom is -0.241 e. The van der Waals surface area contributed by atoms with Gasteiger partial charge < -0.3 is 0 Å². The molecule has 2 aromatic carbocycles. The van der Waals surface area contributed by atoms with Crippen LogP contribution in [0.5, 0.6) is 0 Å². The van der Waals surface area contributed by atoms with Gasteiger partial charge in [0.15, 0.2) is 0 Å². The Kier molecular flexibility index (Phi) is 4.66. The van der Waals surface area contributed by atoms with Crippen molar-refractivity contribution in [2.24, 2.45) is 0 Å². The normalized spacial score (nSPS) is 11.0. The first-order valence-corrected chi connectivity index (χ1v) is 10.0. The van der Waals surface area contributed by atoms with Crippen molar-refractivity contribution in [3.8, 4) is 22.5 Å². The van der Waals surface area contributed by atoms with Crippen LogP contribution < -0.4 is 0 Å². The van der Waals surface area contributed by atoms with Gasteiger partial charge in [-0.1, -0.05) is 53.6 Å². The molecule has 0 N–H and O–H groups in total. The van der Waals surface area contributed by atoms with Crippen molar-refractivity contribution >= 4 is 34.3 Å². The van der Waals surface area contributed by atoms with Gasteiger partial charge in [-0.2, -0.15) is 0 Å². The van der Waals surface area contributed by atoms with Gasteiger partial charge in [0.05, 0.1) is 17.8 Å². The Morgan fingerprint density at radius 1 is 0.760 bits per heavy atom. The van der Waals surface area contributed by atoms with E-state index in [0.29, 0.717) is 0 Å². The number of benzene rings is 2. The molecular formula is C20H15ClN2S2. The predicted octanol–water partition coefficient (Wildman–Crippen LogP) is 6.49. The Bertz CT molecular complexity index is 903. The molecule has 25 heavy (non-hydrogen) atoms. The van der Waals surface area contributed by atoms with Crippen LogP contribution >= 0.6 is 34.3 Å². The number of aryl methyl sites for hydroxylation is 1. The summed E-state index contributed by atoms with van der Waals surface area (Å²) in [6.07, 6.45) is 0.773. The summed E-state index contributed by atoms with van der Waals surface area (Å²) in [5, 5.41) is 7.12. The molecular weight excluding hydrogens is 368 g/mol. The molecule has 124 valence electrons. The second-order valence-corrected chi connectivity index (χ2v) is 8.12. The Labute approximate surface area is 159 Å². The van der Waals surface area contributed by atoms with Crippen LogP contribution in [0.3, 0.4) is 0 Å². The summed E-state index contributed by atoms with van der Waals surface area (Å²) in [4.78, 5) is 9.51. The maximum Gasteiger partial charge on any atom is 0.100 e. The number of thiazole rings is 2. The Balaban J connectivity index is 1.51. The van der Waals surface area contributed by atoms with Crippen molar-refractivity contribution in [2.75, 3.05) is 0 Å². The maximum atomic E-state index is 5.95. The number of hydrogen-bond donors (Lipinski definition) is 0. The molecule has 5 heteroatoms. The highest BCUT2D eigenvalue weighted by molar-refractivity contribution is 7.11. The first-order valence-electron chi connectivity index (χ1n) is 7.89. The lowest BCUT2D eigenvalue weighted by Gasteiger charge is -1.97. The van der Waals surface area contributed by atoms with E-state index in [0.717, 1.165) is 44.0 Å². The lowest BCUT2D eigenvalue weighted by atomic mass is 10.1. The van der Waals surface area contributed by atoms with Crippen molar-refractivity contribution < 1.29 is 0 Å². The van der Waals surface area contributed by atoms with Crippen LogP contribution in [0.15, 0.2) is 59.3 Å². The first kappa shape index (κ1) is 16.5. The van der Waals surface area contributed by atoms with Crippen LogP contribution in [-0.4, -0.2) is 9.97 Å². The molecule has 2 aromatic heterocycles. The van der Waals surface area contributed by atoms with E-state index in [4.69, 9.17) is 21.6 Å². The minimum absolute atomic E-state index is 0.741. The zero-order valence-corrected chi connectivity index (χ0v) is 16.0. The van der Waals surface area contributed by atoms with E-state index in [1.54, 1.807) is 22.7 Å². The van der Waals surface area contributed by atoms with E-state index in [-0.39, 0.29) is 0 Å². The van der Waals surface area contributed by atoms with Gasteiger partial charge in [-0.3, -0.25) is 0 Å². The average molecular weight is 383 g/mol. The summed E-state index contributed by atoms with van der Waals surface area (Å²) < 4.78 is 0. The van der Waals surface area contributed by atoms with Gasteiger partial charge in [0.2, 0.25) is 0 Å². The summed E-state index contributed by atoms with van der Waals surface area (Å²) in [7, 11) is 0. The van der Waals surface area contributed by atoms with Crippen molar-refractivity contribution in [1.29, 1.82) is 0 Å². The minimum atomic E-state index is 0.741. The van der Waals surface area contributed by atoms with Crippen molar-refractivity contribution in [3.05, 3.63) is 79.9 Å². The molecule has 0 bridgehead atoms. The fourth-order valence-electron chi connectivity index (χ4n) is 2.52. The molecule has 0 saturated carbocycles. The predicted molar refractivity (Wildman–Crippen MR) is 108 cm³/mol. The maximum absolute atomic E-state index is 5.95. The highest BCUT2D eigenvalue weighted by Crippen LogP contribution is 2.27. The number of nitrogens with zero attached hydrogens (tertiary/aromatic N) is 2. The van der Waals surface area contributed by atoms with Gasteiger partial charge >= 0.3 is 0 Å². The van der Waals surface area contributed by atoms with E-state index < -0.39 is 0 Å². The van der Waals surface area contributed by atoms with Gasteiger partial charge in [0, 0.05) is 26.9 Å². The highest BCUT2D eigenvalue weighted by Gasteiger charge is 2.09. The van der Waals surface area contributed by atoms with Gasteiger partial charge in [-0.15, -0.1) is 22.7 Å². The second-order valence-electron chi connectivity index (χ2n) is 5.80. The molecule has 0 aliphatic carbocycles. The Morgan fingerprint density at radius 3 is 1.76 bits per heavy atom. The van der Waals surface area contributed by atoms with E-state index in [9.17, 15) is 0 Å². The summed E-state index contributed by atoms with van der Waals surface area (Å²) in [6.45, 7) is 2.09. The third kappa shape index (κ3) is 3.82. The quantitative estimate of drug-likeness (QED) is 0.403. The van der Waals surface area contributed by atoms with Crippen LogP contribution in [0.2, 0.25) is 5.02 Å². The first-order chi connectivity index (χ1) is 12.2. The average Bonchev–Trinajstić information content (AvgIpc) is 3.27. The van der Waals surface area contributed by atoms with Crippen LogP contribution in [0, 0.1) is 6.92 Å². The van der Waals surface area contributed by atoms with E-state index >= 15 is 0 Å². The van der Waals surface area contributed by atoms with Gasteiger partial charge in [0.25, 0.3) is 0 Å². The van der Waals surface area contributed by atoms with E-state index in [1.165, 1.54) is 5.56 Å². The summed E-state index contributed by atoms with van der Waals surface area (Å²) >= 11 is 9.31. The topological polar surface area (TPSA) is 25.8 Å². The van der Waals surface area contributed by atoms with Gasteiger partial charge in [-0.25, -0.2) is 9.97 Å². The SMILES string of the molecule is Cc1ccc(-c2csc(Cc3nc(-c4ccc(Cl)cc4)cs3)n2)cc1. The Morgan fingerprint density at radius 2 is 1.24 bits per heavy atom. The molecule has 2 heterocycles. The zero-order chi connectivity index (χ0) is 17.2. The van der Waals surface area contributed by atoms with Crippen LogP contribution in [0.25, 0.3) is 22.5 Å². The lowest BCUT2D eigenvalue weighted by Crippen LogP contribution is -1.87. The monoisotopic (exact) mass is 382 g/mol. The van der Waals surface area contributed by atoms with Crippen LogP contribution in [0.4, 0.5) is 0 Å². The van der Waals surface area contributed by atoms with Crippen molar-refractivity contribution in [3.63, 3.8) is 0 Å². The standard InChI is InChI=1S/C20H15ClN2S2/c1-13-2-4-14(5-3-13)17-11-24-19(22-17)10-20-23-18(12-25-20)15-6-8-16(21)9-7-15/h2-9,11-12H,10H2,1H3. The highest BCUT2D eigenvalue weighted by atomic mass is 35.5. The van der Waals surface area contributed by atoms with Crippen LogP contribution in [0.1, 0.15) is 15.6 Å². The van der Waals surface area contributed by atoms with Crippen molar-refractivity contribution in [2.45, 2.75) is 13.3 Å². The van der Waals surface area contributed by atoms with Gasteiger partial charge in [0.1, 0.15) is 10.0 Å². The van der Waals surface area contributed by atoms with E-state index in [2.05, 4.69) is 41.9 Å². The van der Waals surface area contributed by atoms with Crippen LogP contribution in [-0.2, 0) is 6.42 Å². The molecule has 0 aliphatic heterocycles. The molecule has 4 rings (SSSR count). The zero-order valence-electron chi connectivity index (χ0n) is 13.6. The molecule has 0 spiro atoms. The number of rotatable bonds is 4. The molecule has 0 radical (unpaired) electrons. The second kappa shape index (κ2) is 7.08. The smallest absolute Gasteiger partial charge is 0.100 e. The molecule has 0 aliphatic rings. The number of halogens is 1.